The fourth-order valence-electron chi connectivity index (χ4n) is 3.94. The average Bonchev–Trinajstić information content (AvgIpc) is 3.40. The van der Waals surface area contributed by atoms with E-state index in [1.54, 1.807) is 29.2 Å². The van der Waals surface area contributed by atoms with Crippen LogP contribution >= 0.6 is 0 Å². The lowest BCUT2D eigenvalue weighted by Gasteiger charge is -2.07. The molecule has 0 bridgehead atoms. The Morgan fingerprint density at radius 3 is 2.58 bits per heavy atom. The molecule has 1 N–H and O–H groups in total. The van der Waals surface area contributed by atoms with Gasteiger partial charge in [0, 0.05) is 36.3 Å². The van der Waals surface area contributed by atoms with Crippen LogP contribution in [0.15, 0.2) is 90.9 Å². The second kappa shape index (κ2) is 13.6. The van der Waals surface area contributed by atoms with Gasteiger partial charge in [0.2, 0.25) is 0 Å². The predicted molar refractivity (Wildman–Crippen MR) is 148 cm³/mol. The van der Waals surface area contributed by atoms with Crippen LogP contribution in [0.5, 0.6) is 5.75 Å². The second-order valence-corrected chi connectivity index (χ2v) is 8.86. The number of ether oxygens (including phenoxy) is 1. The summed E-state index contributed by atoms with van der Waals surface area (Å²) in [6, 6.07) is 23.2. The number of unbranched alkanes of at least 4 members (excludes halogenated alkanes) is 3. The Morgan fingerprint density at radius 2 is 1.87 bits per heavy atom. The Morgan fingerprint density at radius 1 is 1.05 bits per heavy atom. The summed E-state index contributed by atoms with van der Waals surface area (Å²) in [6.45, 7) is 3.16. The number of carbonyl (C=O) groups excluding carboxylic acids is 1. The SMILES string of the molecule is CCCCCCOc1ccc(-c2nn(-c3ccccc3)cc2C=C(C#N)C(=O)NCc2cccnc2)cc1. The molecule has 0 saturated carbocycles. The first-order chi connectivity index (χ1) is 18.7. The molecule has 0 saturated heterocycles. The number of pyridine rings is 1. The van der Waals surface area contributed by atoms with Gasteiger partial charge in [-0.2, -0.15) is 10.4 Å². The molecule has 2 aromatic carbocycles. The van der Waals surface area contributed by atoms with Gasteiger partial charge < -0.3 is 10.1 Å². The zero-order chi connectivity index (χ0) is 26.6. The Balaban J connectivity index is 1.58. The third-order valence-corrected chi connectivity index (χ3v) is 6.00. The Hall–Kier alpha value is -4.70. The Kier molecular flexibility index (Phi) is 9.41. The summed E-state index contributed by atoms with van der Waals surface area (Å²) >= 11 is 0. The van der Waals surface area contributed by atoms with Gasteiger partial charge in [0.25, 0.3) is 5.91 Å². The van der Waals surface area contributed by atoms with E-state index in [2.05, 4.69) is 17.2 Å². The van der Waals surface area contributed by atoms with Crippen molar-refractivity contribution in [3.63, 3.8) is 0 Å². The number of para-hydroxylation sites is 1. The molecule has 0 radical (unpaired) electrons. The number of nitriles is 1. The van der Waals surface area contributed by atoms with E-state index in [0.717, 1.165) is 35.4 Å². The summed E-state index contributed by atoms with van der Waals surface area (Å²) in [5.74, 6) is 0.346. The number of rotatable bonds is 12. The van der Waals surface area contributed by atoms with Gasteiger partial charge in [0.1, 0.15) is 17.4 Å². The number of hydrogen-bond acceptors (Lipinski definition) is 5. The van der Waals surface area contributed by atoms with Crippen LogP contribution in [0.1, 0.15) is 43.7 Å². The monoisotopic (exact) mass is 505 g/mol. The maximum absolute atomic E-state index is 12.8. The molecular formula is C31H31N5O2. The lowest BCUT2D eigenvalue weighted by molar-refractivity contribution is -0.117. The predicted octanol–water partition coefficient (Wildman–Crippen LogP) is 6.12. The highest BCUT2D eigenvalue weighted by atomic mass is 16.5. The third-order valence-electron chi connectivity index (χ3n) is 6.00. The Bertz CT molecular complexity index is 1390. The first kappa shape index (κ1) is 26.4. The number of carbonyl (C=O) groups is 1. The number of amides is 1. The zero-order valence-corrected chi connectivity index (χ0v) is 21.5. The van der Waals surface area contributed by atoms with Gasteiger partial charge in [0.15, 0.2) is 0 Å². The van der Waals surface area contributed by atoms with Gasteiger partial charge in [-0.05, 0) is 60.5 Å². The van der Waals surface area contributed by atoms with E-state index in [1.165, 1.54) is 12.8 Å². The van der Waals surface area contributed by atoms with E-state index in [9.17, 15) is 10.1 Å². The third kappa shape index (κ3) is 7.17. The van der Waals surface area contributed by atoms with E-state index < -0.39 is 5.91 Å². The lowest BCUT2D eigenvalue weighted by atomic mass is 10.1. The van der Waals surface area contributed by atoms with Crippen LogP contribution in [0.2, 0.25) is 0 Å². The molecule has 4 aromatic rings. The molecule has 0 fully saturated rings. The maximum Gasteiger partial charge on any atom is 0.262 e. The standard InChI is InChI=1S/C31H31N5O2/c1-2-3-4-8-18-38-29-15-13-25(14-16-29)30-27(23-36(35-30)28-11-6-5-7-12-28)19-26(20-32)31(37)34-22-24-10-9-17-33-21-24/h5-7,9-17,19,21,23H,2-4,8,18,22H2,1H3,(H,34,37). The normalized spacial score (nSPS) is 11.1. The summed E-state index contributed by atoms with van der Waals surface area (Å²) in [4.78, 5) is 16.9. The van der Waals surface area contributed by atoms with Crippen LogP contribution < -0.4 is 10.1 Å². The van der Waals surface area contributed by atoms with Gasteiger partial charge in [0.05, 0.1) is 18.0 Å². The molecule has 0 aliphatic heterocycles. The lowest BCUT2D eigenvalue weighted by Crippen LogP contribution is -2.24. The van der Waals surface area contributed by atoms with Gasteiger partial charge in [-0.1, -0.05) is 50.5 Å². The molecule has 4 rings (SSSR count). The molecular weight excluding hydrogens is 474 g/mol. The quantitative estimate of drug-likeness (QED) is 0.142. The van der Waals surface area contributed by atoms with Gasteiger partial charge in [-0.25, -0.2) is 4.68 Å². The number of aromatic nitrogens is 3. The minimum Gasteiger partial charge on any atom is -0.494 e. The molecule has 38 heavy (non-hydrogen) atoms. The molecule has 0 spiro atoms. The fraction of sp³-hybridized carbons (Fsp3) is 0.226. The van der Waals surface area contributed by atoms with Crippen LogP contribution in [-0.2, 0) is 11.3 Å². The number of nitrogens with one attached hydrogen (secondary N) is 1. The molecule has 0 aliphatic carbocycles. The topological polar surface area (TPSA) is 92.8 Å². The van der Waals surface area contributed by atoms with Crippen molar-refractivity contribution in [3.05, 3.63) is 102 Å². The number of benzene rings is 2. The smallest absolute Gasteiger partial charge is 0.262 e. The first-order valence-electron chi connectivity index (χ1n) is 12.8. The largest absolute Gasteiger partial charge is 0.494 e. The van der Waals surface area contributed by atoms with Crippen molar-refractivity contribution in [2.24, 2.45) is 0 Å². The summed E-state index contributed by atoms with van der Waals surface area (Å²) < 4.78 is 7.64. The maximum atomic E-state index is 12.8. The van der Waals surface area contributed by atoms with Gasteiger partial charge >= 0.3 is 0 Å². The molecule has 1 amide bonds. The summed E-state index contributed by atoms with van der Waals surface area (Å²) in [5.41, 5.74) is 3.90. The van der Waals surface area contributed by atoms with E-state index in [1.807, 2.05) is 72.9 Å². The molecule has 7 heteroatoms. The molecule has 0 atom stereocenters. The minimum absolute atomic E-state index is 0.00483. The van der Waals surface area contributed by atoms with Crippen LogP contribution in [0.4, 0.5) is 0 Å². The highest BCUT2D eigenvalue weighted by Gasteiger charge is 2.15. The molecule has 2 heterocycles. The van der Waals surface area contributed by atoms with Crippen LogP contribution in [-0.4, -0.2) is 27.3 Å². The van der Waals surface area contributed by atoms with Crippen LogP contribution in [0.25, 0.3) is 23.0 Å². The summed E-state index contributed by atoms with van der Waals surface area (Å²) in [5, 5.41) is 17.4. The molecule has 2 aromatic heterocycles. The van der Waals surface area contributed by atoms with E-state index in [-0.39, 0.29) is 12.1 Å². The fourth-order valence-corrected chi connectivity index (χ4v) is 3.94. The van der Waals surface area contributed by atoms with E-state index in [4.69, 9.17) is 9.84 Å². The molecule has 0 aliphatic rings. The second-order valence-electron chi connectivity index (χ2n) is 8.86. The van der Waals surface area contributed by atoms with Gasteiger partial charge in [-0.3, -0.25) is 9.78 Å². The van der Waals surface area contributed by atoms with Crippen LogP contribution in [0, 0.1) is 11.3 Å². The van der Waals surface area contributed by atoms with Crippen molar-refractivity contribution in [2.45, 2.75) is 39.2 Å². The highest BCUT2D eigenvalue weighted by molar-refractivity contribution is 6.02. The average molecular weight is 506 g/mol. The summed E-state index contributed by atoms with van der Waals surface area (Å²) in [7, 11) is 0. The van der Waals surface area contributed by atoms with Crippen molar-refractivity contribution in [1.29, 1.82) is 5.26 Å². The Labute approximate surface area is 223 Å². The zero-order valence-electron chi connectivity index (χ0n) is 21.5. The van der Waals surface area contributed by atoms with Crippen molar-refractivity contribution in [3.8, 4) is 28.8 Å². The van der Waals surface area contributed by atoms with Crippen LogP contribution in [0.3, 0.4) is 0 Å². The van der Waals surface area contributed by atoms with Crippen molar-refractivity contribution in [1.82, 2.24) is 20.1 Å². The van der Waals surface area contributed by atoms with Gasteiger partial charge in [-0.15, -0.1) is 0 Å². The summed E-state index contributed by atoms with van der Waals surface area (Å²) in [6.07, 6.45) is 11.4. The van der Waals surface area contributed by atoms with E-state index in [0.29, 0.717) is 17.9 Å². The van der Waals surface area contributed by atoms with Crippen molar-refractivity contribution >= 4 is 12.0 Å². The first-order valence-corrected chi connectivity index (χ1v) is 12.8. The van der Waals surface area contributed by atoms with Crippen molar-refractivity contribution in [2.75, 3.05) is 6.61 Å². The highest BCUT2D eigenvalue weighted by Crippen LogP contribution is 2.27. The molecule has 192 valence electrons. The molecule has 0 unspecified atom stereocenters. The van der Waals surface area contributed by atoms with Crippen molar-refractivity contribution < 1.29 is 9.53 Å². The number of nitrogens with zero attached hydrogens (tertiary/aromatic N) is 4. The number of hydrogen-bond donors (Lipinski definition) is 1. The molecule has 7 nitrogen and oxygen atoms in total. The minimum atomic E-state index is -0.457. The van der Waals surface area contributed by atoms with E-state index >= 15 is 0 Å².